The Kier molecular flexibility index (Phi) is 4.25. The van der Waals surface area contributed by atoms with E-state index < -0.39 is 5.97 Å². The largest absolute Gasteiger partial charge is 0.487 e. The summed E-state index contributed by atoms with van der Waals surface area (Å²) in [6.45, 7) is 6.56. The molecule has 1 heterocycles. The van der Waals surface area contributed by atoms with E-state index in [1.165, 1.54) is 0 Å². The first-order chi connectivity index (χ1) is 9.58. The monoisotopic (exact) mass is 271 g/mol. The average molecular weight is 271 g/mol. The molecule has 1 aromatic carbocycles. The van der Waals surface area contributed by atoms with Crippen LogP contribution in [0.25, 0.3) is 0 Å². The Hall–Kier alpha value is -2.49. The van der Waals surface area contributed by atoms with Gasteiger partial charge in [-0.3, -0.25) is 0 Å². The molecule has 0 unspecified atom stereocenters. The van der Waals surface area contributed by atoms with Gasteiger partial charge >= 0.3 is 5.97 Å². The Labute approximate surface area is 117 Å². The number of benzene rings is 1. The lowest BCUT2D eigenvalue weighted by molar-refractivity contribution is 0.0693. The van der Waals surface area contributed by atoms with Gasteiger partial charge in [0.05, 0.1) is 11.3 Å². The highest BCUT2D eigenvalue weighted by atomic mass is 16.5. The molecule has 0 spiro atoms. The third-order valence-corrected chi connectivity index (χ3v) is 2.87. The fourth-order valence-electron chi connectivity index (χ4n) is 1.97. The summed E-state index contributed by atoms with van der Waals surface area (Å²) < 4.78 is 7.51. The number of para-hydroxylation sites is 1. The number of allylic oxidation sites excluding steroid dienone is 1. The lowest BCUT2D eigenvalue weighted by atomic mass is 10.2. The Balaban J connectivity index is 2.21. The molecule has 4 heteroatoms. The van der Waals surface area contributed by atoms with Gasteiger partial charge in [-0.25, -0.2) is 4.79 Å². The molecule has 0 aliphatic carbocycles. The van der Waals surface area contributed by atoms with Gasteiger partial charge in [0.15, 0.2) is 0 Å². The number of nitrogens with zero attached hydrogens (tertiary/aromatic N) is 1. The molecule has 0 amide bonds. The van der Waals surface area contributed by atoms with Gasteiger partial charge < -0.3 is 14.4 Å². The zero-order valence-electron chi connectivity index (χ0n) is 11.4. The maximum absolute atomic E-state index is 11.2. The van der Waals surface area contributed by atoms with E-state index in [2.05, 4.69) is 6.58 Å². The molecular formula is C16H17NO3. The molecule has 0 aliphatic heterocycles. The standard InChI is InChI=1S/C16H17NO3/c1-12(2)10-17-9-8-14(16(18)19)15(17)11-20-13-6-4-3-5-7-13/h3-9H,1,10-11H2,2H3,(H,18,19). The number of ether oxygens (including phenoxy) is 1. The van der Waals surface area contributed by atoms with Crippen molar-refractivity contribution in [3.05, 3.63) is 66.0 Å². The van der Waals surface area contributed by atoms with Crippen molar-refractivity contribution < 1.29 is 14.6 Å². The number of carbonyl (C=O) groups is 1. The van der Waals surface area contributed by atoms with Crippen LogP contribution in [0.3, 0.4) is 0 Å². The van der Waals surface area contributed by atoms with E-state index in [-0.39, 0.29) is 12.2 Å². The van der Waals surface area contributed by atoms with Crippen LogP contribution in [0.15, 0.2) is 54.7 Å². The van der Waals surface area contributed by atoms with Gasteiger partial charge in [-0.1, -0.05) is 30.4 Å². The summed E-state index contributed by atoms with van der Waals surface area (Å²) in [5.74, 6) is -0.232. The smallest absolute Gasteiger partial charge is 0.337 e. The number of carboxylic acid groups (broad SMARTS) is 1. The minimum absolute atomic E-state index is 0.214. The normalized spacial score (nSPS) is 10.2. The molecule has 0 saturated heterocycles. The second-order valence-electron chi connectivity index (χ2n) is 4.67. The van der Waals surface area contributed by atoms with Crippen molar-refractivity contribution in [3.8, 4) is 5.75 Å². The van der Waals surface area contributed by atoms with Crippen LogP contribution in [0.2, 0.25) is 0 Å². The number of hydrogen-bond donors (Lipinski definition) is 1. The number of rotatable bonds is 6. The van der Waals surface area contributed by atoms with Gasteiger partial charge in [-0.15, -0.1) is 0 Å². The minimum atomic E-state index is -0.947. The number of carboxylic acids is 1. The fourth-order valence-corrected chi connectivity index (χ4v) is 1.97. The van der Waals surface area contributed by atoms with E-state index in [1.54, 1.807) is 12.3 Å². The highest BCUT2D eigenvalue weighted by molar-refractivity contribution is 5.89. The van der Waals surface area contributed by atoms with E-state index in [1.807, 2.05) is 41.8 Å². The van der Waals surface area contributed by atoms with Crippen LogP contribution in [-0.4, -0.2) is 15.6 Å². The Morgan fingerprint density at radius 2 is 2.00 bits per heavy atom. The Morgan fingerprint density at radius 1 is 1.30 bits per heavy atom. The summed E-state index contributed by atoms with van der Waals surface area (Å²) >= 11 is 0. The highest BCUT2D eigenvalue weighted by Gasteiger charge is 2.15. The molecule has 2 rings (SSSR count). The molecule has 4 nitrogen and oxygen atoms in total. The molecule has 104 valence electrons. The lowest BCUT2D eigenvalue weighted by Crippen LogP contribution is -2.10. The van der Waals surface area contributed by atoms with Crippen molar-refractivity contribution in [1.82, 2.24) is 4.57 Å². The van der Waals surface area contributed by atoms with Crippen LogP contribution in [0, 0.1) is 0 Å². The summed E-state index contributed by atoms with van der Waals surface area (Å²) in [5, 5.41) is 9.22. The van der Waals surface area contributed by atoms with Crippen molar-refractivity contribution in [2.24, 2.45) is 0 Å². The zero-order valence-corrected chi connectivity index (χ0v) is 11.4. The van der Waals surface area contributed by atoms with Crippen molar-refractivity contribution in [2.45, 2.75) is 20.1 Å². The summed E-state index contributed by atoms with van der Waals surface area (Å²) in [4.78, 5) is 11.2. The molecular weight excluding hydrogens is 254 g/mol. The van der Waals surface area contributed by atoms with Gasteiger partial charge in [-0.05, 0) is 25.1 Å². The van der Waals surface area contributed by atoms with Gasteiger partial charge in [-0.2, -0.15) is 0 Å². The second kappa shape index (κ2) is 6.10. The van der Waals surface area contributed by atoms with E-state index in [4.69, 9.17) is 4.74 Å². The topological polar surface area (TPSA) is 51.5 Å². The van der Waals surface area contributed by atoms with Crippen LogP contribution in [0.5, 0.6) is 5.75 Å². The first kappa shape index (κ1) is 13.9. The van der Waals surface area contributed by atoms with E-state index in [0.29, 0.717) is 18.0 Å². The number of hydrogen-bond acceptors (Lipinski definition) is 2. The Morgan fingerprint density at radius 3 is 2.60 bits per heavy atom. The third-order valence-electron chi connectivity index (χ3n) is 2.87. The second-order valence-corrected chi connectivity index (χ2v) is 4.67. The molecule has 0 saturated carbocycles. The highest BCUT2D eigenvalue weighted by Crippen LogP contribution is 2.17. The van der Waals surface area contributed by atoms with Crippen molar-refractivity contribution in [2.75, 3.05) is 0 Å². The molecule has 0 radical (unpaired) electrons. The van der Waals surface area contributed by atoms with Gasteiger partial charge in [0.2, 0.25) is 0 Å². The summed E-state index contributed by atoms with van der Waals surface area (Å²) in [6, 6.07) is 10.9. The molecule has 0 fully saturated rings. The van der Waals surface area contributed by atoms with Gasteiger partial charge in [0, 0.05) is 12.7 Å². The molecule has 0 atom stereocenters. The Bertz CT molecular complexity index is 614. The molecule has 2 aromatic rings. The predicted molar refractivity (Wildman–Crippen MR) is 77.0 cm³/mol. The third kappa shape index (κ3) is 3.29. The predicted octanol–water partition coefficient (Wildman–Crippen LogP) is 3.34. The first-order valence-electron chi connectivity index (χ1n) is 6.31. The quantitative estimate of drug-likeness (QED) is 0.820. The van der Waals surface area contributed by atoms with Crippen molar-refractivity contribution in [3.63, 3.8) is 0 Å². The summed E-state index contributed by atoms with van der Waals surface area (Å²) in [6.07, 6.45) is 1.75. The number of aromatic carboxylic acids is 1. The summed E-state index contributed by atoms with van der Waals surface area (Å²) in [5.41, 5.74) is 1.87. The zero-order chi connectivity index (χ0) is 14.5. The number of aromatic nitrogens is 1. The maximum Gasteiger partial charge on any atom is 0.337 e. The lowest BCUT2D eigenvalue weighted by Gasteiger charge is -2.11. The molecule has 20 heavy (non-hydrogen) atoms. The molecule has 1 N–H and O–H groups in total. The minimum Gasteiger partial charge on any atom is -0.487 e. The first-order valence-corrected chi connectivity index (χ1v) is 6.31. The van der Waals surface area contributed by atoms with Crippen LogP contribution >= 0.6 is 0 Å². The average Bonchev–Trinajstić information content (AvgIpc) is 2.80. The van der Waals surface area contributed by atoms with E-state index in [0.717, 1.165) is 5.57 Å². The fraction of sp³-hybridized carbons (Fsp3) is 0.188. The van der Waals surface area contributed by atoms with Crippen LogP contribution < -0.4 is 4.74 Å². The maximum atomic E-state index is 11.2. The van der Waals surface area contributed by atoms with Crippen molar-refractivity contribution in [1.29, 1.82) is 0 Å². The van der Waals surface area contributed by atoms with Gasteiger partial charge in [0.1, 0.15) is 12.4 Å². The molecule has 0 bridgehead atoms. The van der Waals surface area contributed by atoms with E-state index >= 15 is 0 Å². The SMILES string of the molecule is C=C(C)Cn1ccc(C(=O)O)c1COc1ccccc1. The van der Waals surface area contributed by atoms with Gasteiger partial charge in [0.25, 0.3) is 0 Å². The van der Waals surface area contributed by atoms with Crippen molar-refractivity contribution >= 4 is 5.97 Å². The summed E-state index contributed by atoms with van der Waals surface area (Å²) in [7, 11) is 0. The molecule has 1 aromatic heterocycles. The molecule has 0 aliphatic rings. The van der Waals surface area contributed by atoms with Crippen LogP contribution in [0.1, 0.15) is 23.0 Å². The van der Waals surface area contributed by atoms with Crippen LogP contribution in [-0.2, 0) is 13.2 Å². The van der Waals surface area contributed by atoms with Crippen LogP contribution in [0.4, 0.5) is 0 Å². The van der Waals surface area contributed by atoms with E-state index in [9.17, 15) is 9.90 Å².